The maximum absolute atomic E-state index is 8.82. The molecule has 8 heteroatoms. The van der Waals surface area contributed by atoms with Crippen molar-refractivity contribution in [2.24, 2.45) is 4.99 Å². The Balaban J connectivity index is 2.33. The Hall–Kier alpha value is -1.64. The maximum atomic E-state index is 8.82. The summed E-state index contributed by atoms with van der Waals surface area (Å²) in [5.41, 5.74) is 1.06. The van der Waals surface area contributed by atoms with Gasteiger partial charge in [-0.05, 0) is 36.4 Å². The molecule has 22 heavy (non-hydrogen) atoms. The molecule has 2 aromatic rings. The number of nitrogens with zero attached hydrogens (tertiary/aromatic N) is 2. The van der Waals surface area contributed by atoms with Crippen LogP contribution in [-0.4, -0.2) is 5.96 Å². The highest BCUT2D eigenvalue weighted by atomic mass is 35.5. The Morgan fingerprint density at radius 2 is 1.36 bits per heavy atom. The quantitative estimate of drug-likeness (QED) is 0.317. The zero-order chi connectivity index (χ0) is 16.1. The minimum atomic E-state index is 0.180. The number of hydrogen-bond acceptors (Lipinski definition) is 2. The lowest BCUT2D eigenvalue weighted by atomic mass is 10.3. The molecule has 0 amide bonds. The molecule has 0 radical (unpaired) electrons. The van der Waals surface area contributed by atoms with Crippen LogP contribution in [0.3, 0.4) is 0 Å². The van der Waals surface area contributed by atoms with Gasteiger partial charge >= 0.3 is 0 Å². The van der Waals surface area contributed by atoms with Crippen LogP contribution in [0.25, 0.3) is 0 Å². The Labute approximate surface area is 147 Å². The molecule has 0 saturated heterocycles. The lowest BCUT2D eigenvalue weighted by molar-refractivity contribution is 1.23. The minimum absolute atomic E-state index is 0.180. The van der Waals surface area contributed by atoms with Gasteiger partial charge in [0.1, 0.15) is 0 Å². The summed E-state index contributed by atoms with van der Waals surface area (Å²) in [7, 11) is 0. The van der Waals surface area contributed by atoms with E-state index in [2.05, 4.69) is 15.6 Å². The number of rotatable bonds is 2. The van der Waals surface area contributed by atoms with Crippen molar-refractivity contribution in [3.8, 4) is 6.19 Å². The fourth-order valence-electron chi connectivity index (χ4n) is 1.64. The second-order valence-electron chi connectivity index (χ2n) is 4.11. The summed E-state index contributed by atoms with van der Waals surface area (Å²) in [6.45, 7) is 0. The van der Waals surface area contributed by atoms with Gasteiger partial charge < -0.3 is 5.32 Å². The Kier molecular flexibility index (Phi) is 5.76. The van der Waals surface area contributed by atoms with E-state index in [9.17, 15) is 0 Å². The minimum Gasteiger partial charge on any atom is -0.325 e. The summed E-state index contributed by atoms with van der Waals surface area (Å²) in [4.78, 5) is 4.24. The third kappa shape index (κ3) is 4.97. The molecule has 4 nitrogen and oxygen atoms in total. The first-order chi connectivity index (χ1) is 10.5. The van der Waals surface area contributed by atoms with Crippen molar-refractivity contribution in [1.29, 1.82) is 5.26 Å². The van der Waals surface area contributed by atoms with Crippen molar-refractivity contribution in [3.63, 3.8) is 0 Å². The number of halogens is 4. The van der Waals surface area contributed by atoms with E-state index in [1.807, 2.05) is 0 Å². The van der Waals surface area contributed by atoms with Crippen LogP contribution in [0.4, 0.5) is 11.4 Å². The van der Waals surface area contributed by atoms with Crippen molar-refractivity contribution in [2.75, 3.05) is 5.32 Å². The average Bonchev–Trinajstić information content (AvgIpc) is 2.36. The van der Waals surface area contributed by atoms with Crippen molar-refractivity contribution >= 4 is 63.7 Å². The molecule has 0 heterocycles. The van der Waals surface area contributed by atoms with Gasteiger partial charge in [0.25, 0.3) is 0 Å². The molecular formula is C14H8Cl4N4. The molecule has 0 bridgehead atoms. The fourth-order valence-corrected chi connectivity index (χ4v) is 2.68. The largest absolute Gasteiger partial charge is 0.325 e. The van der Waals surface area contributed by atoms with Crippen LogP contribution >= 0.6 is 46.4 Å². The first kappa shape index (κ1) is 16.7. The first-order valence-corrected chi connectivity index (χ1v) is 7.40. The van der Waals surface area contributed by atoms with E-state index in [0.29, 0.717) is 31.5 Å². The average molecular weight is 374 g/mol. The van der Waals surface area contributed by atoms with Crippen molar-refractivity contribution in [2.45, 2.75) is 0 Å². The van der Waals surface area contributed by atoms with Crippen LogP contribution in [0.2, 0.25) is 20.1 Å². The second kappa shape index (κ2) is 7.57. The molecule has 0 aliphatic carbocycles. The highest BCUT2D eigenvalue weighted by Crippen LogP contribution is 2.25. The normalized spacial score (nSPS) is 11.0. The molecule has 0 aliphatic rings. The summed E-state index contributed by atoms with van der Waals surface area (Å²) >= 11 is 23.7. The van der Waals surface area contributed by atoms with Crippen LogP contribution in [0.1, 0.15) is 0 Å². The van der Waals surface area contributed by atoms with E-state index in [1.54, 1.807) is 42.6 Å². The van der Waals surface area contributed by atoms with E-state index in [4.69, 9.17) is 51.7 Å². The highest BCUT2D eigenvalue weighted by Gasteiger charge is 2.04. The number of hydrogen-bond donors (Lipinski definition) is 2. The zero-order valence-corrected chi connectivity index (χ0v) is 13.9. The van der Waals surface area contributed by atoms with Crippen LogP contribution < -0.4 is 10.6 Å². The Bertz CT molecular complexity index is 727. The Morgan fingerprint density at radius 3 is 1.86 bits per heavy atom. The smallest absolute Gasteiger partial charge is 0.214 e. The van der Waals surface area contributed by atoms with Gasteiger partial charge in [-0.15, -0.1) is 0 Å². The van der Waals surface area contributed by atoms with E-state index in [-0.39, 0.29) is 5.96 Å². The van der Waals surface area contributed by atoms with E-state index >= 15 is 0 Å². The highest BCUT2D eigenvalue weighted by molar-refractivity contribution is 6.35. The molecular weight excluding hydrogens is 366 g/mol. The van der Waals surface area contributed by atoms with Gasteiger partial charge in [0, 0.05) is 25.8 Å². The number of nitriles is 1. The third-order valence-corrected chi connectivity index (χ3v) is 3.26. The van der Waals surface area contributed by atoms with Crippen LogP contribution in [-0.2, 0) is 0 Å². The van der Waals surface area contributed by atoms with Gasteiger partial charge in [-0.1, -0.05) is 46.4 Å². The van der Waals surface area contributed by atoms with Gasteiger partial charge in [-0.2, -0.15) is 5.26 Å². The second-order valence-corrected chi connectivity index (χ2v) is 5.85. The van der Waals surface area contributed by atoms with Crippen LogP contribution in [0, 0.1) is 11.5 Å². The van der Waals surface area contributed by atoms with Crippen molar-refractivity contribution in [3.05, 3.63) is 56.5 Å². The summed E-state index contributed by atoms with van der Waals surface area (Å²) in [6.07, 6.45) is 1.79. The molecule has 2 rings (SSSR count). The lowest BCUT2D eigenvalue weighted by Gasteiger charge is -2.09. The molecule has 0 aromatic heterocycles. The van der Waals surface area contributed by atoms with Crippen LogP contribution in [0.5, 0.6) is 0 Å². The fraction of sp³-hybridized carbons (Fsp3) is 0. The van der Waals surface area contributed by atoms with Gasteiger partial charge in [0.05, 0.1) is 5.69 Å². The molecule has 0 spiro atoms. The molecule has 2 aromatic carbocycles. The Morgan fingerprint density at radius 1 is 0.864 bits per heavy atom. The summed E-state index contributed by atoms with van der Waals surface area (Å²) in [5, 5.41) is 16.0. The standard InChI is InChI=1S/C14H8Cl4N4/c15-8-1-9(16)4-12(3-8)21-14(20-7-19)22-13-5-10(17)2-11(18)6-13/h1-6H,(H2,20,21,22). The van der Waals surface area contributed by atoms with Crippen LogP contribution in [0.15, 0.2) is 41.4 Å². The first-order valence-electron chi connectivity index (χ1n) is 5.89. The topological polar surface area (TPSA) is 60.2 Å². The predicted octanol–water partition coefficient (Wildman–Crippen LogP) is 5.47. The molecule has 0 saturated carbocycles. The summed E-state index contributed by atoms with van der Waals surface area (Å²) in [6, 6.07) is 9.70. The van der Waals surface area contributed by atoms with Crippen molar-refractivity contribution in [1.82, 2.24) is 5.32 Å². The summed E-state index contributed by atoms with van der Waals surface area (Å²) in [5.74, 6) is 0.180. The maximum Gasteiger partial charge on any atom is 0.214 e. The zero-order valence-electron chi connectivity index (χ0n) is 10.9. The number of benzene rings is 2. The van der Waals surface area contributed by atoms with Gasteiger partial charge in [0.2, 0.25) is 5.96 Å². The SMILES string of the molecule is N#CNC(=Nc1cc(Cl)cc(Cl)c1)Nc1cc(Cl)cc(Cl)c1. The number of nitrogens with one attached hydrogen (secondary N) is 2. The third-order valence-electron chi connectivity index (χ3n) is 2.39. The monoisotopic (exact) mass is 372 g/mol. The number of anilines is 1. The lowest BCUT2D eigenvalue weighted by Crippen LogP contribution is -2.26. The number of guanidine groups is 1. The van der Waals surface area contributed by atoms with Gasteiger partial charge in [-0.25, -0.2) is 4.99 Å². The molecule has 2 N–H and O–H groups in total. The number of aliphatic imine (C=N–C) groups is 1. The molecule has 0 aliphatic heterocycles. The van der Waals surface area contributed by atoms with Gasteiger partial charge in [0.15, 0.2) is 6.19 Å². The van der Waals surface area contributed by atoms with E-state index < -0.39 is 0 Å². The molecule has 0 fully saturated rings. The molecule has 0 atom stereocenters. The van der Waals surface area contributed by atoms with E-state index in [0.717, 1.165) is 0 Å². The van der Waals surface area contributed by atoms with E-state index in [1.165, 1.54) is 0 Å². The van der Waals surface area contributed by atoms with Gasteiger partial charge in [-0.3, -0.25) is 5.32 Å². The predicted molar refractivity (Wildman–Crippen MR) is 92.4 cm³/mol. The molecule has 0 unspecified atom stereocenters. The summed E-state index contributed by atoms with van der Waals surface area (Å²) < 4.78 is 0. The van der Waals surface area contributed by atoms with Crippen molar-refractivity contribution < 1.29 is 0 Å². The molecule has 112 valence electrons.